The number of pyridine rings is 3. The Morgan fingerprint density at radius 3 is 0.832 bits per heavy atom. The van der Waals surface area contributed by atoms with E-state index in [0.717, 1.165) is 50.0 Å². The molecule has 26 rings (SSSR count). The number of imidazole rings is 3. The van der Waals surface area contributed by atoms with Crippen LogP contribution in [0.4, 0.5) is 0 Å². The van der Waals surface area contributed by atoms with Gasteiger partial charge in [-0.2, -0.15) is 0 Å². The lowest BCUT2D eigenvalue weighted by molar-refractivity contribution is 1.32. The zero-order chi connectivity index (χ0) is 78.2. The van der Waals surface area contributed by atoms with E-state index in [1.54, 1.807) is 0 Å². The fraction of sp³-hybridized carbons (Fsp3) is 0. The Bertz CT molecular complexity index is 8640. The predicted molar refractivity (Wildman–Crippen MR) is 503 cm³/mol. The molecule has 0 saturated carbocycles. The summed E-state index contributed by atoms with van der Waals surface area (Å²) in [5, 5.41) is 23.6. The third kappa shape index (κ3) is 11.1. The minimum Gasteiger partial charge on any atom is -0.292 e. The zero-order valence-corrected chi connectivity index (χ0v) is 64.6. The summed E-state index contributed by atoms with van der Waals surface area (Å²) in [5.41, 5.74) is 27.7. The number of nitrogens with zero attached hydrogens (tertiary/aromatic N) is 6. The van der Waals surface area contributed by atoms with Gasteiger partial charge in [0.2, 0.25) is 0 Å². The Labute approximate surface area is 683 Å². The van der Waals surface area contributed by atoms with Crippen molar-refractivity contribution >= 4 is 169 Å². The van der Waals surface area contributed by atoms with E-state index >= 15 is 0 Å². The second kappa shape index (κ2) is 27.4. The molecule has 0 saturated heterocycles. The molecule has 6 aromatic heterocycles. The first-order valence-electron chi connectivity index (χ1n) is 40.8. The molecule has 26 aromatic rings. The van der Waals surface area contributed by atoms with Crippen molar-refractivity contribution in [3.63, 3.8) is 0 Å². The van der Waals surface area contributed by atoms with Gasteiger partial charge in [-0.25, -0.2) is 15.0 Å². The monoisotopic (exact) mass is 1510 g/mol. The molecule has 20 aromatic carbocycles. The maximum absolute atomic E-state index is 5.10. The molecule has 0 aliphatic heterocycles. The van der Waals surface area contributed by atoms with Gasteiger partial charge < -0.3 is 0 Å². The number of aromatic nitrogens is 6. The summed E-state index contributed by atoms with van der Waals surface area (Å²) in [4.78, 5) is 15.3. The highest BCUT2D eigenvalue weighted by molar-refractivity contribution is 6.27. The average molecular weight is 1510 g/mol. The van der Waals surface area contributed by atoms with Crippen LogP contribution in [0.25, 0.3) is 236 Å². The highest BCUT2D eigenvalue weighted by Gasteiger charge is 2.22. The van der Waals surface area contributed by atoms with Gasteiger partial charge >= 0.3 is 0 Å². The summed E-state index contributed by atoms with van der Waals surface area (Å²) in [5.74, 6) is 0. The van der Waals surface area contributed by atoms with Crippen LogP contribution in [0.15, 0.2) is 425 Å². The second-order valence-corrected chi connectivity index (χ2v) is 31.3. The van der Waals surface area contributed by atoms with Crippen molar-refractivity contribution in [1.29, 1.82) is 0 Å². The smallest absolute Gasteiger partial charge is 0.146 e. The van der Waals surface area contributed by atoms with Crippen LogP contribution in [0.2, 0.25) is 0 Å². The molecule has 6 nitrogen and oxygen atoms in total. The Balaban J connectivity index is 0.000000102. The summed E-state index contributed by atoms with van der Waals surface area (Å²) in [6, 6.07) is 153. The van der Waals surface area contributed by atoms with Crippen LogP contribution < -0.4 is 0 Å². The van der Waals surface area contributed by atoms with E-state index in [0.29, 0.717) is 0 Å². The van der Waals surface area contributed by atoms with Crippen LogP contribution in [0.5, 0.6) is 0 Å². The number of benzene rings is 20. The van der Waals surface area contributed by atoms with E-state index in [9.17, 15) is 0 Å². The molecule has 6 heteroatoms. The van der Waals surface area contributed by atoms with Crippen LogP contribution in [0.1, 0.15) is 0 Å². The quantitative estimate of drug-likeness (QED) is 0.156. The maximum Gasteiger partial charge on any atom is 0.146 e. The van der Waals surface area contributed by atoms with Gasteiger partial charge in [-0.3, -0.25) is 13.2 Å². The minimum atomic E-state index is 1.01. The van der Waals surface area contributed by atoms with E-state index in [2.05, 4.69) is 438 Å². The summed E-state index contributed by atoms with van der Waals surface area (Å²) in [6.07, 6.45) is 0. The van der Waals surface area contributed by atoms with Crippen LogP contribution >= 0.6 is 0 Å². The molecule has 0 radical (unpaired) electrons. The molecule has 0 spiro atoms. The summed E-state index contributed by atoms with van der Waals surface area (Å²) in [7, 11) is 0. The zero-order valence-electron chi connectivity index (χ0n) is 64.6. The highest BCUT2D eigenvalue weighted by atomic mass is 15.0. The van der Waals surface area contributed by atoms with Gasteiger partial charge in [0.25, 0.3) is 0 Å². The van der Waals surface area contributed by atoms with Crippen molar-refractivity contribution < 1.29 is 0 Å². The van der Waals surface area contributed by atoms with Crippen molar-refractivity contribution in [1.82, 2.24) is 28.2 Å². The van der Waals surface area contributed by atoms with Crippen molar-refractivity contribution in [2.75, 3.05) is 0 Å². The van der Waals surface area contributed by atoms with Gasteiger partial charge in [0.1, 0.15) is 16.9 Å². The van der Waals surface area contributed by atoms with Crippen molar-refractivity contribution in [2.24, 2.45) is 0 Å². The first kappa shape index (κ1) is 67.6. The Morgan fingerprint density at radius 1 is 0.143 bits per heavy atom. The molecule has 6 heterocycles. The summed E-state index contributed by atoms with van der Waals surface area (Å²) in [6.45, 7) is 0. The highest BCUT2D eigenvalue weighted by Crippen LogP contribution is 2.44. The van der Waals surface area contributed by atoms with E-state index < -0.39 is 0 Å². The Hall–Kier alpha value is -15.9. The van der Waals surface area contributed by atoms with Crippen LogP contribution in [-0.4, -0.2) is 28.2 Å². The molecule has 0 N–H and O–H groups in total. The first-order chi connectivity index (χ1) is 59.0. The lowest BCUT2D eigenvalue weighted by Crippen LogP contribution is -1.93. The normalized spacial score (nSPS) is 11.9. The van der Waals surface area contributed by atoms with Crippen LogP contribution in [0, 0.1) is 0 Å². The molecule has 0 aliphatic carbocycles. The second-order valence-electron chi connectivity index (χ2n) is 31.3. The van der Waals surface area contributed by atoms with E-state index in [1.165, 1.54) is 186 Å². The van der Waals surface area contributed by atoms with Gasteiger partial charge in [-0.1, -0.05) is 328 Å². The minimum absolute atomic E-state index is 1.01. The Morgan fingerprint density at radius 2 is 0.420 bits per heavy atom. The maximum atomic E-state index is 5.10. The molecule has 0 atom stereocenters. The lowest BCUT2D eigenvalue weighted by Gasteiger charge is -2.13. The fourth-order valence-electron chi connectivity index (χ4n) is 19.0. The van der Waals surface area contributed by atoms with Crippen LogP contribution in [0.3, 0.4) is 0 Å². The van der Waals surface area contributed by atoms with Crippen molar-refractivity contribution in [2.45, 2.75) is 0 Å². The number of hydrogen-bond acceptors (Lipinski definition) is 3. The standard InChI is InChI=1S/2C39H24N2.C35H22N2/c1-3-11-30-26(8-1)10-7-13-31(30)28-18-16-25(17-19-28)29-21-23-36-34(24-29)38-32-12-4-2-9-27(32)20-22-33(38)39-40-35-14-5-6-15-37(35)41(36)39;1-2-9-29-23-30(18-17-25(29)7-1)26-13-15-27(16-14-26)31-20-22-36-34(24-31)38-32-10-4-3-8-28(32)19-21-33(38)39-40-35-11-5-6-12-37(35)41(36)39;1-2-8-23(9-3-1)24-14-16-25(17-15-24)27-19-21-32-30(22-27)34-28-11-5-4-10-26(28)18-20-29(34)35-36-31-12-6-7-13-33(31)37(32)35/h2*1-24H;1-22H. The summed E-state index contributed by atoms with van der Waals surface area (Å²) < 4.78 is 6.98. The molecule has 0 aliphatic rings. The van der Waals surface area contributed by atoms with Crippen LogP contribution in [-0.2, 0) is 0 Å². The lowest BCUT2D eigenvalue weighted by atomic mass is 9.94. The van der Waals surface area contributed by atoms with Crippen molar-refractivity contribution in [3.8, 4) is 66.8 Å². The van der Waals surface area contributed by atoms with Gasteiger partial charge in [0, 0.05) is 48.5 Å². The molecular formula is C113H70N6. The third-order valence-corrected chi connectivity index (χ3v) is 24.7. The number of rotatable bonds is 6. The van der Waals surface area contributed by atoms with E-state index in [4.69, 9.17) is 15.0 Å². The van der Waals surface area contributed by atoms with Gasteiger partial charge in [0.05, 0.1) is 49.7 Å². The van der Waals surface area contributed by atoms with E-state index in [1.807, 2.05) is 0 Å². The fourth-order valence-corrected chi connectivity index (χ4v) is 19.0. The molecular weight excluding hydrogens is 1440 g/mol. The average Bonchev–Trinajstić information content (AvgIpc) is 1.64. The largest absolute Gasteiger partial charge is 0.292 e. The first-order valence-corrected chi connectivity index (χ1v) is 40.8. The summed E-state index contributed by atoms with van der Waals surface area (Å²) >= 11 is 0. The molecule has 552 valence electrons. The van der Waals surface area contributed by atoms with Gasteiger partial charge in [-0.15, -0.1) is 0 Å². The van der Waals surface area contributed by atoms with Gasteiger partial charge in [-0.05, 0) is 218 Å². The number of fused-ring (bicyclic) bond motifs is 32. The molecule has 0 bridgehead atoms. The van der Waals surface area contributed by atoms with Gasteiger partial charge in [0.15, 0.2) is 0 Å². The molecule has 119 heavy (non-hydrogen) atoms. The number of hydrogen-bond donors (Lipinski definition) is 0. The van der Waals surface area contributed by atoms with E-state index in [-0.39, 0.29) is 0 Å². The SMILES string of the molecule is c1ccc(-c2ccc(-c3ccc4c(c3)c3c5ccccc5ccc3c3nc5ccccc5n43)cc2)cc1.c1ccc2c(-c3ccc(-c4ccc5c(c4)c4c6ccccc6ccc4c4nc6ccccc6n54)cc3)cccc2c1.c1ccc2cc(-c3ccc(-c4ccc5c(c4)c4c6ccccc6ccc4c4nc6ccccc6n54)cc3)ccc2c1. The predicted octanol–water partition coefficient (Wildman–Crippen LogP) is 30.1. The third-order valence-electron chi connectivity index (χ3n) is 24.7. The molecule has 0 fully saturated rings. The number of para-hydroxylation sites is 6. The molecule has 0 amide bonds. The Kier molecular flexibility index (Phi) is 15.6. The van der Waals surface area contributed by atoms with Crippen molar-refractivity contribution in [3.05, 3.63) is 425 Å². The topological polar surface area (TPSA) is 51.9 Å². The molecule has 0 unspecified atom stereocenters.